The van der Waals surface area contributed by atoms with Crippen LogP contribution in [0.5, 0.6) is 0 Å². The van der Waals surface area contributed by atoms with E-state index in [2.05, 4.69) is 148 Å². The van der Waals surface area contributed by atoms with E-state index in [1.807, 2.05) is 0 Å². The summed E-state index contributed by atoms with van der Waals surface area (Å²) in [6.45, 7) is 0. The second-order valence-electron chi connectivity index (χ2n) is 10.2. The number of benzene rings is 3. The summed E-state index contributed by atoms with van der Waals surface area (Å²) < 4.78 is 4.74. The molecule has 2 aromatic heterocycles. The van der Waals surface area contributed by atoms with Crippen molar-refractivity contribution in [1.82, 2.24) is 9.13 Å². The molecule has 5 aromatic rings. The summed E-state index contributed by atoms with van der Waals surface area (Å²) in [7, 11) is 0. The molecule has 178 valence electrons. The van der Waals surface area contributed by atoms with Crippen LogP contribution in [0.25, 0.3) is 33.2 Å². The molecule has 3 unspecified atom stereocenters. The molecule has 0 amide bonds. The van der Waals surface area contributed by atoms with Crippen molar-refractivity contribution >= 4 is 38.9 Å². The molecule has 37 heavy (non-hydrogen) atoms. The lowest BCUT2D eigenvalue weighted by atomic mass is 9.91. The monoisotopic (exact) mass is 477 g/mol. The molecule has 3 heterocycles. The van der Waals surface area contributed by atoms with Crippen molar-refractivity contribution in [3.63, 3.8) is 0 Å². The number of para-hydroxylation sites is 3. The highest BCUT2D eigenvalue weighted by Crippen LogP contribution is 2.47. The van der Waals surface area contributed by atoms with E-state index in [4.69, 9.17) is 0 Å². The van der Waals surface area contributed by atoms with Gasteiger partial charge in [0.15, 0.2) is 0 Å². The Bertz CT molecular complexity index is 1790. The molecular weight excluding hydrogens is 450 g/mol. The van der Waals surface area contributed by atoms with E-state index in [9.17, 15) is 0 Å². The molecule has 0 radical (unpaired) electrons. The molecule has 3 nitrogen and oxygen atoms in total. The maximum absolute atomic E-state index is 2.66. The van der Waals surface area contributed by atoms with Crippen molar-refractivity contribution in [2.24, 2.45) is 0 Å². The van der Waals surface area contributed by atoms with Crippen molar-refractivity contribution in [2.75, 3.05) is 4.90 Å². The molecule has 1 aliphatic heterocycles. The van der Waals surface area contributed by atoms with Gasteiger partial charge in [0.05, 0.1) is 23.1 Å². The maximum atomic E-state index is 2.66. The van der Waals surface area contributed by atoms with Crippen molar-refractivity contribution in [3.05, 3.63) is 139 Å². The Kier molecular flexibility index (Phi) is 4.47. The third-order valence-corrected chi connectivity index (χ3v) is 8.24. The largest absolute Gasteiger partial charge is 0.357 e. The Morgan fingerprint density at radius 2 is 1.32 bits per heavy atom. The van der Waals surface area contributed by atoms with E-state index in [1.165, 1.54) is 44.5 Å². The molecule has 3 atom stereocenters. The average Bonchev–Trinajstić information content (AvgIpc) is 3.66. The van der Waals surface area contributed by atoms with Crippen molar-refractivity contribution < 1.29 is 0 Å². The normalized spacial score (nSPS) is 22.3. The first-order valence-electron chi connectivity index (χ1n) is 13.1. The van der Waals surface area contributed by atoms with Gasteiger partial charge in [0.25, 0.3) is 0 Å². The van der Waals surface area contributed by atoms with Gasteiger partial charge in [-0.15, -0.1) is 0 Å². The number of hydrogen-bond acceptors (Lipinski definition) is 1. The zero-order chi connectivity index (χ0) is 24.3. The first-order valence-corrected chi connectivity index (χ1v) is 13.1. The zero-order valence-corrected chi connectivity index (χ0v) is 20.5. The van der Waals surface area contributed by atoms with Crippen LogP contribution in [0.3, 0.4) is 0 Å². The third-order valence-electron chi connectivity index (χ3n) is 8.24. The highest BCUT2D eigenvalue weighted by atomic mass is 15.2. The maximum Gasteiger partial charge on any atom is 0.0586 e. The molecule has 8 rings (SSSR count). The first kappa shape index (κ1) is 20.7. The van der Waals surface area contributed by atoms with Crippen molar-refractivity contribution in [3.8, 4) is 0 Å². The lowest BCUT2D eigenvalue weighted by molar-refractivity contribution is 0.612. The number of hydrogen-bond donors (Lipinski definition) is 0. The van der Waals surface area contributed by atoms with E-state index in [1.54, 1.807) is 0 Å². The van der Waals surface area contributed by atoms with Crippen LogP contribution in [0, 0.1) is 0 Å². The summed E-state index contributed by atoms with van der Waals surface area (Å²) in [5.74, 6) is 0.396. The van der Waals surface area contributed by atoms with Crippen LogP contribution in [0.4, 0.5) is 5.69 Å². The molecule has 0 N–H and O–H groups in total. The van der Waals surface area contributed by atoms with E-state index >= 15 is 0 Å². The van der Waals surface area contributed by atoms with Crippen LogP contribution in [0.15, 0.2) is 134 Å². The fourth-order valence-electron chi connectivity index (χ4n) is 6.60. The summed E-state index contributed by atoms with van der Waals surface area (Å²) in [6.07, 6.45) is 19.4. The quantitative estimate of drug-likeness (QED) is 0.258. The summed E-state index contributed by atoms with van der Waals surface area (Å²) in [5, 5.41) is 2.54. The molecule has 0 saturated carbocycles. The molecule has 3 heteroatoms. The van der Waals surface area contributed by atoms with Gasteiger partial charge in [-0.25, -0.2) is 0 Å². The van der Waals surface area contributed by atoms with Crippen LogP contribution < -0.4 is 4.90 Å². The van der Waals surface area contributed by atoms with Gasteiger partial charge in [0.1, 0.15) is 0 Å². The Hall–Kier alpha value is -4.50. The third kappa shape index (κ3) is 3.14. The van der Waals surface area contributed by atoms with Crippen LogP contribution >= 0.6 is 0 Å². The molecule has 0 fully saturated rings. The van der Waals surface area contributed by atoms with Crippen LogP contribution in [0.1, 0.15) is 17.9 Å². The Balaban J connectivity index is 1.31. The fourth-order valence-corrected chi connectivity index (χ4v) is 6.60. The number of allylic oxidation sites excluding steroid dienone is 4. The van der Waals surface area contributed by atoms with Gasteiger partial charge in [-0.05, 0) is 58.8 Å². The van der Waals surface area contributed by atoms with Crippen molar-refractivity contribution in [2.45, 2.75) is 24.4 Å². The average molecular weight is 478 g/mol. The van der Waals surface area contributed by atoms with Gasteiger partial charge in [0, 0.05) is 41.8 Å². The van der Waals surface area contributed by atoms with Gasteiger partial charge < -0.3 is 14.0 Å². The Morgan fingerprint density at radius 1 is 0.649 bits per heavy atom. The van der Waals surface area contributed by atoms with Gasteiger partial charge in [0.2, 0.25) is 0 Å². The smallest absolute Gasteiger partial charge is 0.0586 e. The molecule has 0 bridgehead atoms. The zero-order valence-electron chi connectivity index (χ0n) is 20.5. The second-order valence-corrected chi connectivity index (χ2v) is 10.2. The molecule has 0 saturated heterocycles. The fraction of sp³-hybridized carbons (Fsp3) is 0.118. The minimum absolute atomic E-state index is 0.227. The van der Waals surface area contributed by atoms with Gasteiger partial charge in [-0.1, -0.05) is 78.9 Å². The van der Waals surface area contributed by atoms with Crippen molar-refractivity contribution in [1.29, 1.82) is 0 Å². The number of nitrogens with zero attached hydrogens (tertiary/aromatic N) is 3. The Morgan fingerprint density at radius 3 is 2.16 bits per heavy atom. The van der Waals surface area contributed by atoms with E-state index < -0.39 is 0 Å². The van der Waals surface area contributed by atoms with Crippen LogP contribution in [-0.4, -0.2) is 21.2 Å². The predicted molar refractivity (Wildman–Crippen MR) is 155 cm³/mol. The van der Waals surface area contributed by atoms with E-state index in [-0.39, 0.29) is 6.04 Å². The highest BCUT2D eigenvalue weighted by Gasteiger charge is 2.40. The highest BCUT2D eigenvalue weighted by molar-refractivity contribution is 5.89. The number of fused-ring (bicyclic) bond motifs is 5. The summed E-state index contributed by atoms with van der Waals surface area (Å²) in [4.78, 5) is 2.66. The lowest BCUT2D eigenvalue weighted by Crippen LogP contribution is -2.41. The van der Waals surface area contributed by atoms with Crippen LogP contribution in [-0.2, 0) is 0 Å². The topological polar surface area (TPSA) is 13.1 Å². The molecule has 3 aliphatic rings. The molecule has 3 aromatic carbocycles. The van der Waals surface area contributed by atoms with Gasteiger partial charge in [-0.3, -0.25) is 0 Å². The standard InChI is InChI=1S/C34H27N3/c1-5-13-31-24(9-1)17-19-35(31)26-21-27(36-20-18-25-10-2-6-14-32(25)36)23-28(22-26)37-33-15-7-3-11-29(33)30-12-4-8-16-34(30)37/h1-22,28-29,33H,23H2. The first-order chi connectivity index (χ1) is 18.3. The summed E-state index contributed by atoms with van der Waals surface area (Å²) in [6, 6.07) is 31.3. The predicted octanol–water partition coefficient (Wildman–Crippen LogP) is 7.85. The minimum atomic E-state index is 0.227. The molecular formula is C34H27N3. The molecule has 2 aliphatic carbocycles. The number of aromatic nitrogens is 2. The Labute approximate surface area is 216 Å². The lowest BCUT2D eigenvalue weighted by Gasteiger charge is -2.37. The number of anilines is 1. The van der Waals surface area contributed by atoms with Crippen LogP contribution in [0.2, 0.25) is 0 Å². The van der Waals surface area contributed by atoms with E-state index in [0.717, 1.165) is 6.42 Å². The second kappa shape index (κ2) is 8.01. The number of rotatable bonds is 3. The minimum Gasteiger partial charge on any atom is -0.357 e. The van der Waals surface area contributed by atoms with Gasteiger partial charge >= 0.3 is 0 Å². The summed E-state index contributed by atoms with van der Waals surface area (Å²) >= 11 is 0. The SMILES string of the molecule is C1=CC2c3ccccc3N(C3C=C(n4ccc5ccccc54)C=C(n4ccc5ccccc54)C3)C2C=C1. The van der Waals surface area contributed by atoms with Gasteiger partial charge in [-0.2, -0.15) is 0 Å². The molecule has 0 spiro atoms. The summed E-state index contributed by atoms with van der Waals surface area (Å²) in [5.41, 5.74) is 7.82. The van der Waals surface area contributed by atoms with E-state index in [0.29, 0.717) is 12.0 Å².